The summed E-state index contributed by atoms with van der Waals surface area (Å²) in [6.07, 6.45) is 7.52. The highest BCUT2D eigenvalue weighted by molar-refractivity contribution is 8.01. The van der Waals surface area contributed by atoms with Crippen molar-refractivity contribution in [2.24, 2.45) is 5.92 Å². The monoisotopic (exact) mass is 454 g/mol. The van der Waals surface area contributed by atoms with E-state index >= 15 is 0 Å². The average Bonchev–Trinajstić information content (AvgIpc) is 3.46. The molecule has 3 aromatic rings. The lowest BCUT2D eigenvalue weighted by molar-refractivity contribution is -0.143. The number of hydrogen-bond donors (Lipinski definition) is 1. The third-order valence-electron chi connectivity index (χ3n) is 6.52. The van der Waals surface area contributed by atoms with Gasteiger partial charge in [0.2, 0.25) is 5.91 Å². The predicted molar refractivity (Wildman–Crippen MR) is 125 cm³/mol. The van der Waals surface area contributed by atoms with Crippen LogP contribution in [0.4, 0.5) is 0 Å². The molecule has 1 aromatic carbocycles. The Kier molecular flexibility index (Phi) is 5.52. The second kappa shape index (κ2) is 8.31. The molecule has 1 saturated carbocycles. The minimum atomic E-state index is -0.266. The lowest BCUT2D eigenvalue weighted by atomic mass is 9.84. The number of rotatable bonds is 5. The normalized spacial score (nSPS) is 23.7. The van der Waals surface area contributed by atoms with Crippen LogP contribution in [-0.2, 0) is 16.0 Å². The molecule has 0 unspecified atom stereocenters. The van der Waals surface area contributed by atoms with Crippen LogP contribution in [0.15, 0.2) is 41.9 Å². The van der Waals surface area contributed by atoms with Gasteiger partial charge in [0.05, 0.1) is 17.9 Å². The topological polar surface area (TPSA) is 66.7 Å². The van der Waals surface area contributed by atoms with Gasteiger partial charge in [-0.05, 0) is 31.6 Å². The molecule has 0 radical (unpaired) electrons. The van der Waals surface area contributed by atoms with E-state index in [-0.39, 0.29) is 23.1 Å². The highest BCUT2D eigenvalue weighted by Crippen LogP contribution is 2.48. The second-order valence-corrected chi connectivity index (χ2v) is 10.6. The molecule has 3 heterocycles. The molecule has 6 nitrogen and oxygen atoms in total. The van der Waals surface area contributed by atoms with Gasteiger partial charge < -0.3 is 0 Å². The molecule has 31 heavy (non-hydrogen) atoms. The van der Waals surface area contributed by atoms with Gasteiger partial charge in [-0.3, -0.25) is 19.4 Å². The quantitative estimate of drug-likeness (QED) is 0.616. The maximum absolute atomic E-state index is 12.9. The number of thioether (sulfide) groups is 1. The van der Waals surface area contributed by atoms with Crippen molar-refractivity contribution in [3.63, 3.8) is 0 Å². The van der Waals surface area contributed by atoms with E-state index in [0.29, 0.717) is 5.75 Å². The lowest BCUT2D eigenvalue weighted by Crippen LogP contribution is -2.56. The van der Waals surface area contributed by atoms with Crippen molar-refractivity contribution in [2.75, 3.05) is 5.75 Å². The van der Waals surface area contributed by atoms with Gasteiger partial charge in [-0.25, -0.2) is 9.99 Å². The summed E-state index contributed by atoms with van der Waals surface area (Å²) < 4.78 is 1.98. The van der Waals surface area contributed by atoms with Crippen LogP contribution in [0.5, 0.6) is 0 Å². The minimum absolute atomic E-state index is 0.0118. The fraction of sp³-hybridized carbons (Fsp3) is 0.435. The summed E-state index contributed by atoms with van der Waals surface area (Å²) in [5.41, 5.74) is 5.79. The molecule has 1 N–H and O–H groups in total. The van der Waals surface area contributed by atoms with E-state index in [1.807, 2.05) is 46.3 Å². The summed E-state index contributed by atoms with van der Waals surface area (Å²) in [5.74, 6) is 1.04. The largest absolute Gasteiger partial charge is 0.294 e. The van der Waals surface area contributed by atoms with Crippen LogP contribution >= 0.6 is 23.1 Å². The minimum Gasteiger partial charge on any atom is -0.294 e. The van der Waals surface area contributed by atoms with Crippen molar-refractivity contribution in [1.82, 2.24) is 19.8 Å². The summed E-state index contributed by atoms with van der Waals surface area (Å²) in [7, 11) is 0. The average molecular weight is 455 g/mol. The number of carbonyl (C=O) groups is 2. The molecule has 162 valence electrons. The number of aromatic nitrogens is 2. The van der Waals surface area contributed by atoms with E-state index in [0.717, 1.165) is 53.5 Å². The lowest BCUT2D eigenvalue weighted by Gasteiger charge is -2.42. The standard InChI is InChI=1S/C23H26N4O2S2/c1-2-16-8-10-23(11-9-16)27(21(29)15-31-23)25-20(28)12-18-14-30-22-24-19(13-26(18)22)17-6-4-3-5-7-17/h3-7,13-14,16H,2,8-12,15H2,1H3,(H,25,28). The summed E-state index contributed by atoms with van der Waals surface area (Å²) in [5, 5.41) is 3.62. The summed E-state index contributed by atoms with van der Waals surface area (Å²) in [6, 6.07) is 10.0. The molecular weight excluding hydrogens is 428 g/mol. The van der Waals surface area contributed by atoms with E-state index in [1.165, 1.54) is 17.8 Å². The van der Waals surface area contributed by atoms with Crippen LogP contribution in [0, 0.1) is 5.92 Å². The van der Waals surface area contributed by atoms with E-state index in [1.54, 1.807) is 16.8 Å². The molecule has 2 fully saturated rings. The molecule has 2 amide bonds. The zero-order chi connectivity index (χ0) is 21.4. The second-order valence-electron chi connectivity index (χ2n) is 8.40. The van der Waals surface area contributed by atoms with E-state index in [9.17, 15) is 9.59 Å². The van der Waals surface area contributed by atoms with Crippen molar-refractivity contribution in [1.29, 1.82) is 0 Å². The van der Waals surface area contributed by atoms with E-state index < -0.39 is 0 Å². The Morgan fingerprint density at radius 2 is 2.03 bits per heavy atom. The SMILES string of the molecule is CCC1CCC2(CC1)SCC(=O)N2NC(=O)Cc1csc2nc(-c3ccccc3)cn12. The molecule has 8 heteroatoms. The number of hydrogen-bond acceptors (Lipinski definition) is 5. The van der Waals surface area contributed by atoms with Gasteiger partial charge >= 0.3 is 0 Å². The first kappa shape index (κ1) is 20.6. The van der Waals surface area contributed by atoms with Gasteiger partial charge in [0.1, 0.15) is 4.87 Å². The van der Waals surface area contributed by atoms with Crippen molar-refractivity contribution in [3.8, 4) is 11.3 Å². The molecular formula is C23H26N4O2S2. The first-order valence-electron chi connectivity index (χ1n) is 10.9. The molecule has 2 aromatic heterocycles. The fourth-order valence-corrected chi connectivity index (χ4v) is 6.85. The molecule has 5 rings (SSSR count). The Hall–Kier alpha value is -2.32. The fourth-order valence-electron chi connectivity index (χ4n) is 4.65. The molecule has 1 saturated heterocycles. The number of hydrazine groups is 1. The molecule has 1 spiro atoms. The van der Waals surface area contributed by atoms with E-state index in [2.05, 4.69) is 12.3 Å². The Morgan fingerprint density at radius 1 is 1.26 bits per heavy atom. The Balaban J connectivity index is 1.30. The Labute approximate surface area is 190 Å². The van der Waals surface area contributed by atoms with Gasteiger partial charge in [0.15, 0.2) is 4.96 Å². The van der Waals surface area contributed by atoms with Crippen molar-refractivity contribution < 1.29 is 9.59 Å². The number of nitrogens with zero attached hydrogens (tertiary/aromatic N) is 3. The first-order chi connectivity index (χ1) is 15.1. The molecule has 1 aliphatic carbocycles. The molecule has 2 aliphatic rings. The van der Waals surface area contributed by atoms with Crippen LogP contribution in [0.25, 0.3) is 16.2 Å². The first-order valence-corrected chi connectivity index (χ1v) is 12.7. The summed E-state index contributed by atoms with van der Waals surface area (Å²) in [4.78, 5) is 30.8. The zero-order valence-electron chi connectivity index (χ0n) is 17.5. The number of carbonyl (C=O) groups excluding carboxylic acids is 2. The highest BCUT2D eigenvalue weighted by Gasteiger charge is 2.48. The van der Waals surface area contributed by atoms with Crippen molar-refractivity contribution >= 4 is 39.9 Å². The molecule has 1 aliphatic heterocycles. The zero-order valence-corrected chi connectivity index (χ0v) is 19.2. The predicted octanol–water partition coefficient (Wildman–Crippen LogP) is 4.51. The van der Waals surface area contributed by atoms with Gasteiger partial charge in [-0.2, -0.15) is 0 Å². The van der Waals surface area contributed by atoms with Crippen LogP contribution in [0.2, 0.25) is 0 Å². The van der Waals surface area contributed by atoms with Crippen molar-refractivity contribution in [3.05, 3.63) is 47.6 Å². The number of nitrogens with one attached hydrogen (secondary N) is 1. The number of benzene rings is 1. The molecule has 0 bridgehead atoms. The van der Waals surface area contributed by atoms with Crippen LogP contribution in [-0.4, -0.2) is 36.8 Å². The summed E-state index contributed by atoms with van der Waals surface area (Å²) >= 11 is 3.22. The smallest absolute Gasteiger partial charge is 0.252 e. The van der Waals surface area contributed by atoms with Gasteiger partial charge in [-0.15, -0.1) is 23.1 Å². The van der Waals surface area contributed by atoms with Gasteiger partial charge in [0.25, 0.3) is 5.91 Å². The number of imidazole rings is 1. The summed E-state index contributed by atoms with van der Waals surface area (Å²) in [6.45, 7) is 2.23. The van der Waals surface area contributed by atoms with Gasteiger partial charge in [-0.1, -0.05) is 43.7 Å². The van der Waals surface area contributed by atoms with Crippen LogP contribution in [0.3, 0.4) is 0 Å². The number of amides is 2. The van der Waals surface area contributed by atoms with Crippen LogP contribution in [0.1, 0.15) is 44.7 Å². The maximum Gasteiger partial charge on any atom is 0.252 e. The maximum atomic E-state index is 12.9. The van der Waals surface area contributed by atoms with Gasteiger partial charge in [0, 0.05) is 22.8 Å². The third-order valence-corrected chi connectivity index (χ3v) is 8.92. The Morgan fingerprint density at radius 3 is 2.77 bits per heavy atom. The third kappa shape index (κ3) is 3.87. The Bertz CT molecular complexity index is 1100. The molecule has 0 atom stereocenters. The number of thiazole rings is 1. The highest BCUT2D eigenvalue weighted by atomic mass is 32.2. The number of fused-ring (bicyclic) bond motifs is 1. The van der Waals surface area contributed by atoms with Crippen molar-refractivity contribution in [2.45, 2.75) is 50.3 Å². The van der Waals surface area contributed by atoms with Crippen LogP contribution < -0.4 is 5.43 Å². The van der Waals surface area contributed by atoms with E-state index in [4.69, 9.17) is 4.98 Å².